The Labute approximate surface area is 519 Å². The largest absolute Gasteiger partial charge is 0.545 e. The SMILES string of the molecule is CC/C=C\C/C=C\C/C=C\C/C=C\C/C=C\C/C=C\C/C=C\CCCCCCCCCCCC(=O)OC(COC(=O)CCCCCCCCCCCCCCCCCCCCCCCCCCCCCC)COC(OCC[N+](C)(C)C)C(=O)[O-]. The number of esters is 2. The third-order valence-corrected chi connectivity index (χ3v) is 15.4. The average molecular weight is 1180 g/mol. The summed E-state index contributed by atoms with van der Waals surface area (Å²) in [7, 11) is 5.93. The molecule has 0 aromatic rings. The molecular formula is C75H133NO8. The number of rotatable bonds is 65. The first kappa shape index (κ1) is 80.5. The number of ether oxygens (including phenoxy) is 4. The topological polar surface area (TPSA) is 111 Å². The summed E-state index contributed by atoms with van der Waals surface area (Å²) in [5, 5.41) is 11.8. The quantitative estimate of drug-likeness (QED) is 0.0195. The van der Waals surface area contributed by atoms with Crippen molar-refractivity contribution < 1.29 is 42.9 Å². The molecule has 9 nitrogen and oxygen atoms in total. The third-order valence-electron chi connectivity index (χ3n) is 15.4. The molecule has 84 heavy (non-hydrogen) atoms. The van der Waals surface area contributed by atoms with Crippen LogP contribution in [0.5, 0.6) is 0 Å². The first-order chi connectivity index (χ1) is 41.1. The van der Waals surface area contributed by atoms with E-state index in [4.69, 9.17) is 18.9 Å². The molecule has 0 heterocycles. The van der Waals surface area contributed by atoms with Gasteiger partial charge in [0, 0.05) is 12.8 Å². The van der Waals surface area contributed by atoms with Crippen molar-refractivity contribution in [1.29, 1.82) is 0 Å². The van der Waals surface area contributed by atoms with E-state index < -0.39 is 24.3 Å². The van der Waals surface area contributed by atoms with Crippen molar-refractivity contribution in [2.75, 3.05) is 47.5 Å². The number of nitrogens with zero attached hydrogens (tertiary/aromatic N) is 1. The second-order valence-electron chi connectivity index (χ2n) is 24.8. The summed E-state index contributed by atoms with van der Waals surface area (Å²) in [4.78, 5) is 37.5. The van der Waals surface area contributed by atoms with Crippen LogP contribution in [0.25, 0.3) is 0 Å². The van der Waals surface area contributed by atoms with E-state index in [2.05, 4.69) is 98.9 Å². The number of hydrogen-bond acceptors (Lipinski definition) is 8. The smallest absolute Gasteiger partial charge is 0.306 e. The van der Waals surface area contributed by atoms with Crippen LogP contribution in [0.3, 0.4) is 0 Å². The molecule has 0 saturated carbocycles. The number of carbonyl (C=O) groups is 3. The van der Waals surface area contributed by atoms with Gasteiger partial charge in [-0.05, 0) is 70.6 Å². The van der Waals surface area contributed by atoms with E-state index in [1.54, 1.807) is 0 Å². The van der Waals surface area contributed by atoms with Crippen LogP contribution in [0.1, 0.15) is 316 Å². The van der Waals surface area contributed by atoms with Gasteiger partial charge in [-0.25, -0.2) is 0 Å². The highest BCUT2D eigenvalue weighted by atomic mass is 16.7. The summed E-state index contributed by atoms with van der Waals surface area (Å²) in [5.74, 6) is -2.28. The van der Waals surface area contributed by atoms with E-state index in [1.807, 2.05) is 21.1 Å². The minimum Gasteiger partial charge on any atom is -0.545 e. The lowest BCUT2D eigenvalue weighted by molar-refractivity contribution is -0.870. The monoisotopic (exact) mass is 1180 g/mol. The summed E-state index contributed by atoms with van der Waals surface area (Å²) < 4.78 is 22.8. The average Bonchev–Trinajstić information content (AvgIpc) is 3.51. The first-order valence-corrected chi connectivity index (χ1v) is 35.2. The zero-order chi connectivity index (χ0) is 61.2. The van der Waals surface area contributed by atoms with Crippen molar-refractivity contribution in [2.24, 2.45) is 0 Å². The molecule has 0 fully saturated rings. The van der Waals surface area contributed by atoms with Crippen LogP contribution < -0.4 is 5.11 Å². The van der Waals surface area contributed by atoms with Crippen molar-refractivity contribution in [2.45, 2.75) is 328 Å². The Hall–Kier alpha value is -3.53. The Morgan fingerprint density at radius 2 is 0.679 bits per heavy atom. The second-order valence-corrected chi connectivity index (χ2v) is 24.8. The number of carboxylic acid groups (broad SMARTS) is 1. The van der Waals surface area contributed by atoms with Crippen LogP contribution in [0.15, 0.2) is 85.1 Å². The van der Waals surface area contributed by atoms with Crippen LogP contribution in [0.2, 0.25) is 0 Å². The Morgan fingerprint density at radius 3 is 1.01 bits per heavy atom. The number of unbranched alkanes of at least 4 members (excludes halogenated alkanes) is 36. The van der Waals surface area contributed by atoms with E-state index in [0.717, 1.165) is 89.9 Å². The molecule has 0 N–H and O–H groups in total. The van der Waals surface area contributed by atoms with Gasteiger partial charge in [-0.2, -0.15) is 0 Å². The lowest BCUT2D eigenvalue weighted by Gasteiger charge is -2.26. The van der Waals surface area contributed by atoms with E-state index in [-0.39, 0.29) is 32.2 Å². The van der Waals surface area contributed by atoms with Crippen molar-refractivity contribution in [3.05, 3.63) is 85.1 Å². The maximum absolute atomic E-state index is 12.9. The fourth-order valence-electron chi connectivity index (χ4n) is 10.0. The Balaban J connectivity index is 4.13. The number of allylic oxidation sites excluding steroid dienone is 14. The number of carbonyl (C=O) groups excluding carboxylic acids is 3. The van der Waals surface area contributed by atoms with Crippen molar-refractivity contribution in [1.82, 2.24) is 0 Å². The normalized spacial score (nSPS) is 13.2. The molecule has 0 rings (SSSR count). The Kier molecular flexibility index (Phi) is 62.7. The molecule has 0 spiro atoms. The van der Waals surface area contributed by atoms with Crippen molar-refractivity contribution in [3.63, 3.8) is 0 Å². The van der Waals surface area contributed by atoms with Gasteiger partial charge in [0.25, 0.3) is 0 Å². The molecule has 9 heteroatoms. The molecule has 0 aliphatic carbocycles. The maximum Gasteiger partial charge on any atom is 0.306 e. The molecule has 0 aliphatic rings. The van der Waals surface area contributed by atoms with Gasteiger partial charge in [0.15, 0.2) is 12.4 Å². The molecule has 2 unspecified atom stereocenters. The summed E-state index contributed by atoms with van der Waals surface area (Å²) in [6.07, 6.45) is 85.2. The highest BCUT2D eigenvalue weighted by Crippen LogP contribution is 2.18. The van der Waals surface area contributed by atoms with Crippen LogP contribution in [-0.4, -0.2) is 82.3 Å². The van der Waals surface area contributed by atoms with E-state index >= 15 is 0 Å². The predicted octanol–water partition coefficient (Wildman–Crippen LogP) is 20.5. The van der Waals surface area contributed by atoms with Crippen molar-refractivity contribution >= 4 is 17.9 Å². The standard InChI is InChI=1S/C75H133NO8/c1-6-8-10-12-14-16-18-20-22-24-26-28-30-32-34-36-37-38-40-42-44-46-48-50-52-54-56-58-60-62-64-66-73(78)84-71(70-83-75(74(79)80)81-68-67-76(3,4)5)69-82-72(77)65-63-61-59-57-55-53-51-49-47-45-43-41-39-35-33-31-29-27-25-23-21-19-17-15-13-11-9-7-2/h8,10,14,16,20,22,26,28,32,34,37-38,42,44,71,75H,6-7,9,11-13,15,17-19,21,23-25,27,29-31,33,35-36,39-41,43,45-70H2,1-5H3/b10-8-,16-14-,22-20-,28-26-,34-32-,38-37-,44-42-. The number of carboxylic acids is 1. The lowest BCUT2D eigenvalue weighted by atomic mass is 10.0. The minimum absolute atomic E-state index is 0.145. The van der Waals surface area contributed by atoms with Crippen LogP contribution in [0.4, 0.5) is 0 Å². The molecule has 0 aromatic carbocycles. The van der Waals surface area contributed by atoms with Crippen LogP contribution in [-0.2, 0) is 33.3 Å². The molecular weight excluding hydrogens is 1040 g/mol. The maximum atomic E-state index is 12.9. The second kappa shape index (κ2) is 65.4. The van der Waals surface area contributed by atoms with Crippen LogP contribution in [0, 0.1) is 0 Å². The highest BCUT2D eigenvalue weighted by molar-refractivity contribution is 5.70. The summed E-state index contributed by atoms with van der Waals surface area (Å²) in [5.41, 5.74) is 0. The van der Waals surface area contributed by atoms with Gasteiger partial charge >= 0.3 is 11.9 Å². The minimum atomic E-state index is -1.63. The number of hydrogen-bond donors (Lipinski definition) is 0. The van der Waals surface area contributed by atoms with E-state index in [9.17, 15) is 19.5 Å². The van der Waals surface area contributed by atoms with Gasteiger partial charge in [-0.1, -0.05) is 317 Å². The highest BCUT2D eigenvalue weighted by Gasteiger charge is 2.22. The van der Waals surface area contributed by atoms with Crippen LogP contribution >= 0.6 is 0 Å². The molecule has 0 bridgehead atoms. The van der Waals surface area contributed by atoms with Gasteiger partial charge in [-0.3, -0.25) is 9.59 Å². The molecule has 0 radical (unpaired) electrons. The Morgan fingerprint density at radius 1 is 0.369 bits per heavy atom. The predicted molar refractivity (Wildman–Crippen MR) is 357 cm³/mol. The lowest BCUT2D eigenvalue weighted by Crippen LogP contribution is -2.44. The van der Waals surface area contributed by atoms with E-state index in [0.29, 0.717) is 23.9 Å². The first-order valence-electron chi connectivity index (χ1n) is 35.2. The van der Waals surface area contributed by atoms with Gasteiger partial charge in [0.05, 0.1) is 40.3 Å². The van der Waals surface area contributed by atoms with Gasteiger partial charge in [0.2, 0.25) is 0 Å². The van der Waals surface area contributed by atoms with Gasteiger partial charge in [-0.15, -0.1) is 0 Å². The third kappa shape index (κ3) is 66.0. The number of quaternary nitrogens is 1. The Bertz CT molecular complexity index is 1650. The summed E-state index contributed by atoms with van der Waals surface area (Å²) in [6, 6.07) is 0. The molecule has 0 amide bonds. The molecule has 2 atom stereocenters. The van der Waals surface area contributed by atoms with E-state index in [1.165, 1.54) is 193 Å². The number of likely N-dealkylation sites (N-methyl/N-ethyl adjacent to an activating group) is 1. The molecule has 0 saturated heterocycles. The fraction of sp³-hybridized carbons (Fsp3) is 0.773. The van der Waals surface area contributed by atoms with Crippen molar-refractivity contribution in [3.8, 4) is 0 Å². The zero-order valence-electron chi connectivity index (χ0n) is 55.5. The summed E-state index contributed by atoms with van der Waals surface area (Å²) >= 11 is 0. The molecule has 0 aromatic heterocycles. The molecule has 0 aliphatic heterocycles. The summed E-state index contributed by atoms with van der Waals surface area (Å²) in [6.45, 7) is 4.67. The van der Waals surface area contributed by atoms with Gasteiger partial charge in [0.1, 0.15) is 13.2 Å². The zero-order valence-corrected chi connectivity index (χ0v) is 55.5. The molecule has 486 valence electrons. The number of aliphatic carboxylic acids is 1. The fourth-order valence-corrected chi connectivity index (χ4v) is 10.0. The van der Waals surface area contributed by atoms with Gasteiger partial charge < -0.3 is 33.3 Å².